The van der Waals surface area contributed by atoms with E-state index in [1.807, 2.05) is 0 Å². The first kappa shape index (κ1) is 73.1. The Morgan fingerprint density at radius 1 is 0.307 bits per heavy atom. The van der Waals surface area contributed by atoms with Crippen LogP contribution in [-0.4, -0.2) is 36.4 Å². The molecule has 0 bridgehead atoms. The fraction of sp³-hybridized carbons (Fsp3) is 0.886. The third-order valence-corrected chi connectivity index (χ3v) is 15.7. The van der Waals surface area contributed by atoms with Gasteiger partial charge >= 0.3 is 11.9 Å². The summed E-state index contributed by atoms with van der Waals surface area (Å²) < 4.78 is 10.7. The molecule has 1 atom stereocenters. The topological polar surface area (TPSA) is 72.8 Å². The monoisotopic (exact) mass is 1050 g/mol. The second-order valence-corrected chi connectivity index (χ2v) is 23.3. The van der Waals surface area contributed by atoms with Gasteiger partial charge in [0.25, 0.3) is 0 Å². The Morgan fingerprint density at radius 3 is 0.800 bits per heavy atom. The molecule has 0 spiro atoms. The fourth-order valence-corrected chi connectivity index (χ4v) is 10.6. The number of ether oxygens (including phenoxy) is 2. The summed E-state index contributed by atoms with van der Waals surface area (Å²) in [6, 6.07) is 0. The first-order valence-electron chi connectivity index (χ1n) is 34.0. The van der Waals surface area contributed by atoms with Crippen LogP contribution in [0.15, 0.2) is 36.5 Å². The van der Waals surface area contributed by atoms with Crippen LogP contribution < -0.4 is 0 Å². The Kier molecular flexibility index (Phi) is 64.7. The van der Waals surface area contributed by atoms with E-state index >= 15 is 0 Å². The van der Waals surface area contributed by atoms with Crippen molar-refractivity contribution in [2.45, 2.75) is 386 Å². The van der Waals surface area contributed by atoms with Crippen LogP contribution in [0.4, 0.5) is 0 Å². The standard InChI is InChI=1S/C70H132O5/c1-3-5-7-9-11-13-15-17-19-21-23-25-26-27-28-29-30-31-32-33-34-35-36-37-38-39-40-41-42-43-44-45-47-49-51-53-55-57-59-61-63-65-70(73)75-68(66-71)67-74-69(72)64-62-60-58-56-54-52-50-48-46-24-22-20-18-16-14-12-10-8-6-4-2/h15,17,21,23,26-27,68,71H,3-14,16,18-20,22,24-25,28-67H2,1-2H3/b17-15-,23-21-,27-26-. The lowest BCUT2D eigenvalue weighted by Crippen LogP contribution is -2.28. The zero-order valence-electron chi connectivity index (χ0n) is 50.8. The van der Waals surface area contributed by atoms with Gasteiger partial charge in [-0.1, -0.05) is 352 Å². The van der Waals surface area contributed by atoms with Crippen molar-refractivity contribution in [1.29, 1.82) is 0 Å². The normalized spacial score (nSPS) is 12.3. The highest BCUT2D eigenvalue weighted by atomic mass is 16.6. The van der Waals surface area contributed by atoms with Gasteiger partial charge in [-0.2, -0.15) is 0 Å². The third-order valence-electron chi connectivity index (χ3n) is 15.7. The zero-order chi connectivity index (χ0) is 54.1. The van der Waals surface area contributed by atoms with Crippen LogP contribution in [0.5, 0.6) is 0 Å². The zero-order valence-corrected chi connectivity index (χ0v) is 50.8. The Morgan fingerprint density at radius 2 is 0.533 bits per heavy atom. The molecule has 0 saturated heterocycles. The molecule has 0 aliphatic carbocycles. The van der Waals surface area contributed by atoms with Gasteiger partial charge in [0.2, 0.25) is 0 Å². The number of rotatable bonds is 64. The molecule has 1 unspecified atom stereocenters. The SMILES string of the molecule is CCCCCCC/C=C\C/C=C\C/C=C\CCCCCCCCCCCCCCCCCCCCCCCCCCCCC(=O)OC(CO)COC(=O)CCCCCCCCCCCCCCCCCCCCCC. The van der Waals surface area contributed by atoms with Gasteiger partial charge in [-0.05, 0) is 51.4 Å². The molecular formula is C70H132O5. The molecule has 0 aliphatic rings. The fourth-order valence-electron chi connectivity index (χ4n) is 10.6. The minimum atomic E-state index is -0.767. The van der Waals surface area contributed by atoms with Crippen LogP contribution in [0, 0.1) is 0 Å². The Bertz CT molecular complexity index is 1190. The number of carbonyl (C=O) groups excluding carboxylic acids is 2. The van der Waals surface area contributed by atoms with E-state index in [4.69, 9.17) is 9.47 Å². The molecule has 5 heteroatoms. The Hall–Kier alpha value is -1.88. The van der Waals surface area contributed by atoms with Crippen molar-refractivity contribution < 1.29 is 24.2 Å². The molecule has 0 aromatic carbocycles. The average molecular weight is 1050 g/mol. The summed E-state index contributed by atoms with van der Waals surface area (Å²) in [6.45, 7) is 4.19. The highest BCUT2D eigenvalue weighted by molar-refractivity contribution is 5.70. The van der Waals surface area contributed by atoms with Crippen LogP contribution >= 0.6 is 0 Å². The van der Waals surface area contributed by atoms with E-state index in [1.165, 1.54) is 308 Å². The van der Waals surface area contributed by atoms with Crippen molar-refractivity contribution in [2.24, 2.45) is 0 Å². The number of allylic oxidation sites excluding steroid dienone is 6. The minimum absolute atomic E-state index is 0.0578. The number of aliphatic hydroxyl groups excluding tert-OH is 1. The number of carbonyl (C=O) groups is 2. The second-order valence-electron chi connectivity index (χ2n) is 23.3. The lowest BCUT2D eigenvalue weighted by molar-refractivity contribution is -0.161. The van der Waals surface area contributed by atoms with E-state index in [0.717, 1.165) is 44.9 Å². The highest BCUT2D eigenvalue weighted by Gasteiger charge is 2.16. The Labute approximate surface area is 469 Å². The molecule has 0 aromatic rings. The van der Waals surface area contributed by atoms with Gasteiger partial charge in [0, 0.05) is 12.8 Å². The van der Waals surface area contributed by atoms with Crippen LogP contribution in [0.1, 0.15) is 380 Å². The van der Waals surface area contributed by atoms with Gasteiger partial charge < -0.3 is 14.6 Å². The molecule has 0 aliphatic heterocycles. The maximum Gasteiger partial charge on any atom is 0.306 e. The third kappa shape index (κ3) is 64.5. The van der Waals surface area contributed by atoms with Crippen molar-refractivity contribution >= 4 is 11.9 Å². The van der Waals surface area contributed by atoms with Gasteiger partial charge in [-0.3, -0.25) is 9.59 Å². The molecule has 0 saturated carbocycles. The van der Waals surface area contributed by atoms with Crippen molar-refractivity contribution in [3.8, 4) is 0 Å². The number of hydrogen-bond donors (Lipinski definition) is 1. The number of hydrogen-bond acceptors (Lipinski definition) is 5. The van der Waals surface area contributed by atoms with Gasteiger partial charge in [0.15, 0.2) is 6.10 Å². The van der Waals surface area contributed by atoms with E-state index in [1.54, 1.807) is 0 Å². The molecule has 0 rings (SSSR count). The number of unbranched alkanes of at least 4 members (excludes halogenated alkanes) is 50. The molecule has 0 heterocycles. The maximum atomic E-state index is 12.3. The highest BCUT2D eigenvalue weighted by Crippen LogP contribution is 2.19. The molecule has 0 amide bonds. The quantitative estimate of drug-likeness (QED) is 0.0373. The Balaban J connectivity index is 3.36. The first-order chi connectivity index (χ1) is 37.1. The van der Waals surface area contributed by atoms with Gasteiger partial charge in [-0.25, -0.2) is 0 Å². The van der Waals surface area contributed by atoms with Crippen molar-refractivity contribution in [3.63, 3.8) is 0 Å². The summed E-state index contributed by atoms with van der Waals surface area (Å²) in [5.41, 5.74) is 0. The van der Waals surface area contributed by atoms with Crippen LogP contribution in [0.3, 0.4) is 0 Å². The second kappa shape index (κ2) is 66.4. The van der Waals surface area contributed by atoms with Crippen molar-refractivity contribution in [1.82, 2.24) is 0 Å². The average Bonchev–Trinajstić information content (AvgIpc) is 3.41. The molecular weight excluding hydrogens is 921 g/mol. The van der Waals surface area contributed by atoms with E-state index in [0.29, 0.717) is 12.8 Å². The molecule has 442 valence electrons. The largest absolute Gasteiger partial charge is 0.462 e. The van der Waals surface area contributed by atoms with Gasteiger partial charge in [0.1, 0.15) is 6.61 Å². The van der Waals surface area contributed by atoms with Crippen LogP contribution in [-0.2, 0) is 19.1 Å². The predicted octanol–water partition coefficient (Wildman–Crippen LogP) is 23.4. The molecule has 0 radical (unpaired) electrons. The summed E-state index contributed by atoms with van der Waals surface area (Å²) in [4.78, 5) is 24.6. The predicted molar refractivity (Wildman–Crippen MR) is 330 cm³/mol. The van der Waals surface area contributed by atoms with E-state index < -0.39 is 6.10 Å². The first-order valence-corrected chi connectivity index (χ1v) is 34.0. The summed E-state index contributed by atoms with van der Waals surface area (Å²) >= 11 is 0. The lowest BCUT2D eigenvalue weighted by atomic mass is 10.0. The van der Waals surface area contributed by atoms with E-state index in [2.05, 4.69) is 50.3 Å². The summed E-state index contributed by atoms with van der Waals surface area (Å²) in [5, 5.41) is 9.68. The van der Waals surface area contributed by atoms with E-state index in [-0.39, 0.29) is 25.2 Å². The molecule has 5 nitrogen and oxygen atoms in total. The lowest BCUT2D eigenvalue weighted by Gasteiger charge is -2.15. The smallest absolute Gasteiger partial charge is 0.306 e. The van der Waals surface area contributed by atoms with E-state index in [9.17, 15) is 14.7 Å². The molecule has 0 aromatic heterocycles. The van der Waals surface area contributed by atoms with Gasteiger partial charge in [-0.15, -0.1) is 0 Å². The van der Waals surface area contributed by atoms with Crippen LogP contribution in [0.2, 0.25) is 0 Å². The summed E-state index contributed by atoms with van der Waals surface area (Å²) in [6.07, 6.45) is 87.5. The summed E-state index contributed by atoms with van der Waals surface area (Å²) in [7, 11) is 0. The molecule has 1 N–H and O–H groups in total. The molecule has 75 heavy (non-hydrogen) atoms. The number of esters is 2. The van der Waals surface area contributed by atoms with Gasteiger partial charge in [0.05, 0.1) is 6.61 Å². The van der Waals surface area contributed by atoms with Crippen molar-refractivity contribution in [2.75, 3.05) is 13.2 Å². The molecule has 0 fully saturated rings. The number of aliphatic hydroxyl groups is 1. The minimum Gasteiger partial charge on any atom is -0.462 e. The summed E-state index contributed by atoms with van der Waals surface area (Å²) in [5.74, 6) is -0.565. The maximum absolute atomic E-state index is 12.3. The van der Waals surface area contributed by atoms with Crippen molar-refractivity contribution in [3.05, 3.63) is 36.5 Å². The van der Waals surface area contributed by atoms with Crippen LogP contribution in [0.25, 0.3) is 0 Å².